The van der Waals surface area contributed by atoms with E-state index in [2.05, 4.69) is 32.9 Å². The Morgan fingerprint density at radius 1 is 0.318 bits per heavy atom. The van der Waals surface area contributed by atoms with Gasteiger partial charge in [0.1, 0.15) is 19.3 Å². The second kappa shape index (κ2) is 44.4. The normalized spacial score (nSPS) is 21.6. The molecule has 0 heterocycles. The van der Waals surface area contributed by atoms with Crippen LogP contribution in [0.3, 0.4) is 0 Å². The van der Waals surface area contributed by atoms with E-state index in [0.29, 0.717) is 19.8 Å². The molecule has 66 heavy (non-hydrogen) atoms. The molecule has 6 nitrogen and oxygen atoms in total. The fraction of sp³-hybridized carbons (Fsp3) is 0.967. The molecule has 0 amide bonds. The van der Waals surface area contributed by atoms with Crippen molar-refractivity contribution in [3.05, 3.63) is 12.2 Å². The Kier molecular flexibility index (Phi) is 40.3. The van der Waals surface area contributed by atoms with Crippen LogP contribution in [-0.4, -0.2) is 39.1 Å². The van der Waals surface area contributed by atoms with E-state index in [1.54, 1.807) is 0 Å². The Hall–Kier alpha value is -0.500. The van der Waals surface area contributed by atoms with Crippen molar-refractivity contribution < 1.29 is 29.3 Å². The monoisotopic (exact) mass is 931 g/mol. The topological polar surface area (TPSA) is 55.4 Å². The molecular weight excluding hydrogens is 817 g/mol. The van der Waals surface area contributed by atoms with Crippen molar-refractivity contribution in [3.8, 4) is 0 Å². The van der Waals surface area contributed by atoms with Gasteiger partial charge < -0.3 is 0 Å². The number of hydrogen-bond acceptors (Lipinski definition) is 6. The molecular formula is C60H114O6. The van der Waals surface area contributed by atoms with Crippen LogP contribution in [0.5, 0.6) is 0 Å². The summed E-state index contributed by atoms with van der Waals surface area (Å²) in [5, 5.41) is 0. The molecule has 390 valence electrons. The lowest BCUT2D eigenvalue weighted by Gasteiger charge is -2.16. The molecule has 3 aliphatic carbocycles. The highest BCUT2D eigenvalue weighted by Gasteiger charge is 2.36. The number of rotatable bonds is 55. The van der Waals surface area contributed by atoms with Crippen molar-refractivity contribution in [3.63, 3.8) is 0 Å². The molecule has 0 aliphatic heterocycles. The summed E-state index contributed by atoms with van der Waals surface area (Å²) in [6.45, 7) is 9.26. The molecule has 6 atom stereocenters. The van der Waals surface area contributed by atoms with E-state index in [-0.39, 0.29) is 13.2 Å². The third-order valence-corrected chi connectivity index (χ3v) is 15.7. The van der Waals surface area contributed by atoms with Crippen molar-refractivity contribution in [1.29, 1.82) is 0 Å². The zero-order valence-corrected chi connectivity index (χ0v) is 44.6. The summed E-state index contributed by atoms with van der Waals surface area (Å²) in [5.74, 6) is 6.27. The first kappa shape index (κ1) is 59.8. The lowest BCUT2D eigenvalue weighted by Crippen LogP contribution is -2.26. The highest BCUT2D eigenvalue weighted by Crippen LogP contribution is 2.47. The highest BCUT2D eigenvalue weighted by molar-refractivity contribution is 4.94. The van der Waals surface area contributed by atoms with Gasteiger partial charge in [0.2, 0.25) is 0 Å². The van der Waals surface area contributed by atoms with Crippen molar-refractivity contribution >= 4 is 0 Å². The predicted octanol–water partition coefficient (Wildman–Crippen LogP) is 19.3. The lowest BCUT2D eigenvalue weighted by molar-refractivity contribution is -0.393. The largest absolute Gasteiger partial charge is 0.237 e. The van der Waals surface area contributed by atoms with Gasteiger partial charge in [0.25, 0.3) is 0 Å². The van der Waals surface area contributed by atoms with E-state index in [0.717, 1.165) is 54.8 Å². The van der Waals surface area contributed by atoms with Crippen LogP contribution in [0.25, 0.3) is 0 Å². The molecule has 0 N–H and O–H groups in total. The maximum atomic E-state index is 5.75. The summed E-state index contributed by atoms with van der Waals surface area (Å²) in [6.07, 6.45) is 63.1. The van der Waals surface area contributed by atoms with Gasteiger partial charge >= 0.3 is 0 Å². The SMILES string of the molecule is CCCCCCCCC1CC1CCCCCCCCOOCC(COOCCCCCCCCC1CC1CCCCCCCC)OOCCCCCCCC/C=C\CC1CC1CCCCC. The Morgan fingerprint density at radius 2 is 0.636 bits per heavy atom. The Balaban J connectivity index is 1.12. The smallest absolute Gasteiger partial charge is 0.146 e. The second-order valence-electron chi connectivity index (χ2n) is 22.1. The van der Waals surface area contributed by atoms with Crippen LogP contribution in [-0.2, 0) is 29.3 Å². The summed E-state index contributed by atoms with van der Waals surface area (Å²) in [5.41, 5.74) is 0. The molecule has 0 aromatic rings. The van der Waals surface area contributed by atoms with Gasteiger partial charge in [-0.1, -0.05) is 251 Å². The number of hydrogen-bond donors (Lipinski definition) is 0. The van der Waals surface area contributed by atoms with Gasteiger partial charge in [0, 0.05) is 0 Å². The fourth-order valence-corrected chi connectivity index (χ4v) is 10.7. The van der Waals surface area contributed by atoms with Gasteiger partial charge in [-0.25, -0.2) is 29.3 Å². The van der Waals surface area contributed by atoms with Gasteiger partial charge in [0.15, 0.2) is 0 Å². The minimum Gasteiger partial charge on any atom is -0.237 e. The second-order valence-corrected chi connectivity index (χ2v) is 22.1. The van der Waals surface area contributed by atoms with Crippen LogP contribution in [0.4, 0.5) is 0 Å². The Morgan fingerprint density at radius 3 is 1.08 bits per heavy atom. The molecule has 0 spiro atoms. The summed E-state index contributed by atoms with van der Waals surface area (Å²) < 4.78 is 0. The molecule has 3 saturated carbocycles. The van der Waals surface area contributed by atoms with E-state index in [4.69, 9.17) is 29.3 Å². The first-order valence-corrected chi connectivity index (χ1v) is 30.2. The lowest BCUT2D eigenvalue weighted by atomic mass is 10.0. The van der Waals surface area contributed by atoms with Crippen molar-refractivity contribution in [2.75, 3.05) is 33.0 Å². The molecule has 6 unspecified atom stereocenters. The summed E-state index contributed by atoms with van der Waals surface area (Å²) >= 11 is 0. The summed E-state index contributed by atoms with van der Waals surface area (Å²) in [7, 11) is 0. The molecule has 0 saturated heterocycles. The molecule has 3 fully saturated rings. The average Bonchev–Trinajstić information content (AvgIpc) is 4.27. The van der Waals surface area contributed by atoms with Gasteiger partial charge in [-0.15, -0.1) is 0 Å². The average molecular weight is 932 g/mol. The standard InChI is InChI=1S/C60H114O6/c1-4-7-10-12-23-32-41-56-50-58(56)44-35-26-18-21-28-37-46-61-64-52-60(66-63-48-39-30-20-16-14-15-17-25-34-43-55-49-54(55)40-31-9-6-3)53-65-62-47-38-29-22-19-27-36-45-59-51-57(59)42-33-24-13-11-8-5-2/h25,34,54-60H,4-24,26-33,35-53H2,1-3H3/b34-25-. The third-order valence-electron chi connectivity index (χ3n) is 15.7. The van der Waals surface area contributed by atoms with E-state index >= 15 is 0 Å². The van der Waals surface area contributed by atoms with Crippen LogP contribution < -0.4 is 0 Å². The van der Waals surface area contributed by atoms with Crippen LogP contribution in [0, 0.1) is 35.5 Å². The Bertz CT molecular complexity index is 985. The molecule has 0 aromatic heterocycles. The third kappa shape index (κ3) is 36.4. The molecule has 0 radical (unpaired) electrons. The summed E-state index contributed by atoms with van der Waals surface area (Å²) in [6, 6.07) is 0. The zero-order valence-electron chi connectivity index (χ0n) is 44.6. The van der Waals surface area contributed by atoms with Crippen LogP contribution in [0.1, 0.15) is 297 Å². The predicted molar refractivity (Wildman–Crippen MR) is 280 cm³/mol. The Labute approximate surface area is 411 Å². The van der Waals surface area contributed by atoms with Crippen molar-refractivity contribution in [2.24, 2.45) is 35.5 Å². The quantitative estimate of drug-likeness (QED) is 0.0262. The number of unbranched alkanes of at least 4 members (excludes halogenated alkanes) is 28. The minimum absolute atomic E-state index is 0.264. The zero-order chi connectivity index (χ0) is 46.6. The van der Waals surface area contributed by atoms with Gasteiger partial charge in [-0.2, -0.15) is 0 Å². The van der Waals surface area contributed by atoms with E-state index in [1.165, 1.54) is 257 Å². The molecule has 0 aromatic carbocycles. The van der Waals surface area contributed by atoms with E-state index in [1.807, 2.05) is 0 Å². The van der Waals surface area contributed by atoms with E-state index < -0.39 is 6.10 Å². The van der Waals surface area contributed by atoms with E-state index in [9.17, 15) is 0 Å². The highest BCUT2D eigenvalue weighted by atomic mass is 17.2. The fourth-order valence-electron chi connectivity index (χ4n) is 10.7. The van der Waals surface area contributed by atoms with Crippen LogP contribution in [0.15, 0.2) is 12.2 Å². The number of allylic oxidation sites excluding steroid dienone is 2. The van der Waals surface area contributed by atoms with Crippen LogP contribution >= 0.6 is 0 Å². The van der Waals surface area contributed by atoms with Crippen molar-refractivity contribution in [1.82, 2.24) is 0 Å². The first-order chi connectivity index (χ1) is 32.7. The van der Waals surface area contributed by atoms with Crippen LogP contribution in [0.2, 0.25) is 0 Å². The van der Waals surface area contributed by atoms with Gasteiger partial charge in [-0.3, -0.25) is 0 Å². The van der Waals surface area contributed by atoms with Gasteiger partial charge in [0.05, 0.1) is 19.8 Å². The first-order valence-electron chi connectivity index (χ1n) is 30.2. The van der Waals surface area contributed by atoms with Gasteiger partial charge in [-0.05, 0) is 93.3 Å². The maximum absolute atomic E-state index is 5.75. The molecule has 6 heteroatoms. The van der Waals surface area contributed by atoms with Crippen molar-refractivity contribution in [2.45, 2.75) is 303 Å². The maximum Gasteiger partial charge on any atom is 0.146 e. The molecule has 3 rings (SSSR count). The summed E-state index contributed by atoms with van der Waals surface area (Å²) in [4.78, 5) is 33.7. The molecule has 0 bridgehead atoms. The molecule has 3 aliphatic rings. The minimum atomic E-state index is -0.390.